The third-order valence-electron chi connectivity index (χ3n) is 7.86. The van der Waals surface area contributed by atoms with Gasteiger partial charge in [0.15, 0.2) is 5.78 Å². The van der Waals surface area contributed by atoms with E-state index in [2.05, 4.69) is 17.2 Å². The number of aliphatic imine (C=N–C) groups is 1. The van der Waals surface area contributed by atoms with Gasteiger partial charge in [0.05, 0.1) is 31.6 Å². The number of esters is 1. The summed E-state index contributed by atoms with van der Waals surface area (Å²) in [6, 6.07) is 13.7. The highest BCUT2D eigenvalue weighted by Crippen LogP contribution is 2.25. The van der Waals surface area contributed by atoms with Crippen LogP contribution in [0.5, 0.6) is 0 Å². The predicted octanol–water partition coefficient (Wildman–Crippen LogP) is 6.76. The van der Waals surface area contributed by atoms with E-state index in [1.807, 2.05) is 24.3 Å². The van der Waals surface area contributed by atoms with Gasteiger partial charge in [0.25, 0.3) is 0 Å². The Kier molecular flexibility index (Phi) is 14.6. The number of benzene rings is 2. The van der Waals surface area contributed by atoms with Crippen molar-refractivity contribution in [2.24, 2.45) is 16.6 Å². The zero-order valence-corrected chi connectivity index (χ0v) is 26.1. The second-order valence-electron chi connectivity index (χ2n) is 11.3. The standard InChI is InChI=1S/C35H47N3O6/c1-3-5-6-7-8-9-10-11-12-13-22-44-35(42)38-33(36)28-20-16-26(17-21-28)25-14-18-27(19-15-25)32(40)30-23-29(34(41)37-30)24-31(39)43-4-2/h14-21,29-30H,3-13,22-24H2,1-2H3,(H,37,41)(H2,36,38,42)/t29-,30-/m0/s1. The maximum absolute atomic E-state index is 13.0. The molecule has 3 rings (SSSR count). The van der Waals surface area contributed by atoms with Crippen molar-refractivity contribution < 1.29 is 28.7 Å². The summed E-state index contributed by atoms with van der Waals surface area (Å²) < 4.78 is 10.2. The van der Waals surface area contributed by atoms with Crippen LogP contribution in [0, 0.1) is 5.92 Å². The third-order valence-corrected chi connectivity index (χ3v) is 7.86. The predicted molar refractivity (Wildman–Crippen MR) is 171 cm³/mol. The summed E-state index contributed by atoms with van der Waals surface area (Å²) in [5.41, 5.74) is 8.90. The smallest absolute Gasteiger partial charge is 0.435 e. The zero-order valence-electron chi connectivity index (χ0n) is 26.1. The molecular formula is C35H47N3O6. The Morgan fingerprint density at radius 2 is 1.34 bits per heavy atom. The molecule has 0 unspecified atom stereocenters. The number of rotatable bonds is 18. The van der Waals surface area contributed by atoms with Crippen molar-refractivity contribution in [3.8, 4) is 11.1 Å². The molecule has 9 heteroatoms. The summed E-state index contributed by atoms with van der Waals surface area (Å²) in [7, 11) is 0. The number of carbonyl (C=O) groups is 4. The summed E-state index contributed by atoms with van der Waals surface area (Å²) in [5.74, 6) is -1.42. The van der Waals surface area contributed by atoms with E-state index in [1.165, 1.54) is 44.9 Å². The fraction of sp³-hybridized carbons (Fsp3) is 0.514. The molecule has 2 amide bonds. The fourth-order valence-electron chi connectivity index (χ4n) is 5.32. The maximum Gasteiger partial charge on any atom is 0.435 e. The molecule has 0 bridgehead atoms. The van der Waals surface area contributed by atoms with E-state index < -0.39 is 24.0 Å². The Labute approximate surface area is 261 Å². The number of hydrogen-bond acceptors (Lipinski definition) is 6. The van der Waals surface area contributed by atoms with Gasteiger partial charge in [-0.25, -0.2) is 4.79 Å². The SMILES string of the molecule is CCCCCCCCCCCCOC(=O)N=C(N)c1ccc(-c2ccc(C(=O)[C@@H]3C[C@@H](CC(=O)OCC)C(=O)N3)cc2)cc1. The fourth-order valence-corrected chi connectivity index (χ4v) is 5.32. The average Bonchev–Trinajstić information content (AvgIpc) is 3.39. The lowest BCUT2D eigenvalue weighted by Gasteiger charge is -2.10. The van der Waals surface area contributed by atoms with E-state index in [0.29, 0.717) is 17.7 Å². The number of ether oxygens (including phenoxy) is 2. The third kappa shape index (κ3) is 11.2. The minimum absolute atomic E-state index is 0.0335. The van der Waals surface area contributed by atoms with Crippen molar-refractivity contribution in [3.63, 3.8) is 0 Å². The normalized spacial score (nSPS) is 16.4. The first-order valence-corrected chi connectivity index (χ1v) is 16.0. The van der Waals surface area contributed by atoms with Crippen molar-refractivity contribution >= 4 is 29.6 Å². The van der Waals surface area contributed by atoms with Crippen molar-refractivity contribution in [2.75, 3.05) is 13.2 Å². The van der Waals surface area contributed by atoms with Crippen molar-refractivity contribution in [3.05, 3.63) is 59.7 Å². The summed E-state index contributed by atoms with van der Waals surface area (Å²) >= 11 is 0. The van der Waals surface area contributed by atoms with Gasteiger partial charge in [-0.2, -0.15) is 4.99 Å². The highest BCUT2D eigenvalue weighted by Gasteiger charge is 2.37. The van der Waals surface area contributed by atoms with Crippen LogP contribution in [-0.2, 0) is 19.1 Å². The Morgan fingerprint density at radius 1 is 0.795 bits per heavy atom. The molecule has 238 valence electrons. The van der Waals surface area contributed by atoms with Crippen LogP contribution in [-0.4, -0.2) is 48.8 Å². The Balaban J connectivity index is 1.42. The molecule has 2 atom stereocenters. The molecule has 1 aliphatic rings. The average molecular weight is 606 g/mol. The van der Waals surface area contributed by atoms with E-state index in [9.17, 15) is 19.2 Å². The van der Waals surface area contributed by atoms with Gasteiger partial charge in [-0.05, 0) is 30.9 Å². The van der Waals surface area contributed by atoms with Gasteiger partial charge in [-0.3, -0.25) is 14.4 Å². The van der Waals surface area contributed by atoms with Crippen LogP contribution in [0.3, 0.4) is 0 Å². The quantitative estimate of drug-likeness (QED) is 0.0630. The van der Waals surface area contributed by atoms with Crippen molar-refractivity contribution in [1.82, 2.24) is 5.32 Å². The first kappa shape index (κ1) is 34.5. The number of hydrogen-bond donors (Lipinski definition) is 2. The topological polar surface area (TPSA) is 137 Å². The van der Waals surface area contributed by atoms with Crippen LogP contribution in [0.4, 0.5) is 4.79 Å². The Hall–Kier alpha value is -4.01. The Morgan fingerprint density at radius 3 is 1.91 bits per heavy atom. The minimum Gasteiger partial charge on any atom is -0.466 e. The Bertz CT molecular complexity index is 1260. The van der Waals surface area contributed by atoms with Gasteiger partial charge in [-0.1, -0.05) is 113 Å². The summed E-state index contributed by atoms with van der Waals surface area (Å²) in [5, 5.41) is 2.70. The lowest BCUT2D eigenvalue weighted by molar-refractivity contribution is -0.145. The molecular weight excluding hydrogens is 558 g/mol. The minimum atomic E-state index is -0.687. The molecule has 9 nitrogen and oxygen atoms in total. The molecule has 1 aliphatic heterocycles. The molecule has 44 heavy (non-hydrogen) atoms. The number of Topliss-reactive ketones (excluding diaryl/α,β-unsaturated/α-hetero) is 1. The molecule has 2 aromatic rings. The molecule has 2 aromatic carbocycles. The summed E-state index contributed by atoms with van der Waals surface area (Å²) in [4.78, 5) is 53.0. The molecule has 1 saturated heterocycles. The van der Waals surface area contributed by atoms with Crippen LogP contribution < -0.4 is 11.1 Å². The van der Waals surface area contributed by atoms with Crippen molar-refractivity contribution in [1.29, 1.82) is 0 Å². The van der Waals surface area contributed by atoms with Crippen LogP contribution in [0.1, 0.15) is 107 Å². The number of unbranched alkanes of at least 4 members (excludes halogenated alkanes) is 9. The largest absolute Gasteiger partial charge is 0.466 e. The first-order chi connectivity index (χ1) is 21.3. The van der Waals surface area contributed by atoms with Gasteiger partial charge in [0.1, 0.15) is 5.84 Å². The lowest BCUT2D eigenvalue weighted by atomic mass is 9.95. The van der Waals surface area contributed by atoms with E-state index >= 15 is 0 Å². The number of amidine groups is 1. The number of ketones is 1. The molecule has 0 radical (unpaired) electrons. The second kappa shape index (κ2) is 18.6. The van der Waals surface area contributed by atoms with E-state index in [-0.39, 0.29) is 37.0 Å². The van der Waals surface area contributed by atoms with Crippen LogP contribution in [0.2, 0.25) is 0 Å². The number of nitrogens with two attached hydrogens (primary N) is 1. The highest BCUT2D eigenvalue weighted by molar-refractivity contribution is 6.05. The second-order valence-corrected chi connectivity index (χ2v) is 11.3. The molecule has 0 saturated carbocycles. The van der Waals surface area contributed by atoms with Gasteiger partial charge in [0.2, 0.25) is 5.91 Å². The van der Waals surface area contributed by atoms with Gasteiger partial charge >= 0.3 is 12.1 Å². The van der Waals surface area contributed by atoms with Crippen molar-refractivity contribution in [2.45, 2.75) is 96.9 Å². The van der Waals surface area contributed by atoms with Gasteiger partial charge in [-0.15, -0.1) is 0 Å². The van der Waals surface area contributed by atoms with Crippen LogP contribution >= 0.6 is 0 Å². The number of nitrogens with one attached hydrogen (secondary N) is 1. The van der Waals surface area contributed by atoms with E-state index in [4.69, 9.17) is 15.2 Å². The summed E-state index contributed by atoms with van der Waals surface area (Å²) in [6.07, 6.45) is 11.6. The highest BCUT2D eigenvalue weighted by atomic mass is 16.5. The monoisotopic (exact) mass is 605 g/mol. The molecule has 1 fully saturated rings. The molecule has 1 heterocycles. The van der Waals surface area contributed by atoms with E-state index in [0.717, 1.165) is 30.4 Å². The molecule has 0 aliphatic carbocycles. The molecule has 3 N–H and O–H groups in total. The van der Waals surface area contributed by atoms with Gasteiger partial charge < -0.3 is 20.5 Å². The number of carbonyl (C=O) groups excluding carboxylic acids is 4. The van der Waals surface area contributed by atoms with E-state index in [1.54, 1.807) is 31.2 Å². The summed E-state index contributed by atoms with van der Waals surface area (Å²) in [6.45, 7) is 4.53. The number of nitrogens with zero attached hydrogens (tertiary/aromatic N) is 1. The maximum atomic E-state index is 13.0. The van der Waals surface area contributed by atoms with Crippen LogP contribution in [0.25, 0.3) is 11.1 Å². The van der Waals surface area contributed by atoms with Crippen LogP contribution in [0.15, 0.2) is 53.5 Å². The zero-order chi connectivity index (χ0) is 31.7. The molecule has 0 aromatic heterocycles. The number of amides is 2. The first-order valence-electron chi connectivity index (χ1n) is 16.0. The molecule has 0 spiro atoms. The van der Waals surface area contributed by atoms with Gasteiger partial charge in [0, 0.05) is 11.1 Å². The lowest BCUT2D eigenvalue weighted by Crippen LogP contribution is -2.33.